The number of carbonyl (C=O) groups excluding carboxylic acids is 3. The average molecular weight is 903 g/mol. The number of hydrogen-bond donors (Lipinski definition) is 0. The Morgan fingerprint density at radius 3 is 1.00 bits per heavy atom. The largest absolute Gasteiger partial charge is 0.462 e. The third kappa shape index (κ3) is 51.2. The molecule has 6 nitrogen and oxygen atoms in total. The van der Waals surface area contributed by atoms with Crippen LogP contribution in [0.25, 0.3) is 0 Å². The molecule has 0 aliphatic carbocycles. The smallest absolute Gasteiger partial charge is 0.306 e. The SMILES string of the molecule is CC/C=C\C/C=C\C/C=C\C/C=C\C/C=C\C/C=C\CCC(=O)OC(COC(=O)CCCCCCC)COC(=O)CCCCCCCCCCCCC/C=C\C/C=C\CCCCCCC. The van der Waals surface area contributed by atoms with Crippen LogP contribution in [0.5, 0.6) is 0 Å². The van der Waals surface area contributed by atoms with E-state index < -0.39 is 12.1 Å². The zero-order chi connectivity index (χ0) is 47.2. The van der Waals surface area contributed by atoms with Crippen molar-refractivity contribution in [1.82, 2.24) is 0 Å². The minimum Gasteiger partial charge on any atom is -0.462 e. The minimum atomic E-state index is -0.815. The lowest BCUT2D eigenvalue weighted by atomic mass is 10.0. The van der Waals surface area contributed by atoms with Gasteiger partial charge in [0, 0.05) is 19.3 Å². The topological polar surface area (TPSA) is 78.9 Å². The van der Waals surface area contributed by atoms with E-state index >= 15 is 0 Å². The molecule has 6 heteroatoms. The molecule has 1 atom stereocenters. The maximum Gasteiger partial charge on any atom is 0.306 e. The van der Waals surface area contributed by atoms with Gasteiger partial charge in [-0.15, -0.1) is 0 Å². The van der Waals surface area contributed by atoms with Gasteiger partial charge in [0.2, 0.25) is 0 Å². The first-order valence-electron chi connectivity index (χ1n) is 26.7. The average Bonchev–Trinajstić information content (AvgIpc) is 3.30. The number of unbranched alkanes of at least 4 members (excludes halogenated alkanes) is 20. The Kier molecular flexibility index (Phi) is 50.0. The number of allylic oxidation sites excluding steroid dienone is 16. The van der Waals surface area contributed by atoms with E-state index in [2.05, 4.69) is 106 Å². The van der Waals surface area contributed by atoms with Crippen molar-refractivity contribution in [1.29, 1.82) is 0 Å². The van der Waals surface area contributed by atoms with Crippen LogP contribution >= 0.6 is 0 Å². The van der Waals surface area contributed by atoms with E-state index in [1.807, 2.05) is 12.2 Å². The quantitative estimate of drug-likeness (QED) is 0.0262. The van der Waals surface area contributed by atoms with E-state index in [0.29, 0.717) is 19.3 Å². The Morgan fingerprint density at radius 1 is 0.323 bits per heavy atom. The van der Waals surface area contributed by atoms with Gasteiger partial charge in [0.15, 0.2) is 6.10 Å². The fourth-order valence-corrected chi connectivity index (χ4v) is 7.09. The number of hydrogen-bond acceptors (Lipinski definition) is 6. The molecule has 0 aliphatic heterocycles. The third-order valence-electron chi connectivity index (χ3n) is 11.1. The van der Waals surface area contributed by atoms with E-state index in [1.165, 1.54) is 96.3 Å². The van der Waals surface area contributed by atoms with E-state index in [1.54, 1.807) is 0 Å². The first kappa shape index (κ1) is 61.3. The second kappa shape index (κ2) is 52.9. The molecule has 0 aliphatic rings. The Hall–Kier alpha value is -3.67. The Bertz CT molecular complexity index is 1310. The second-order valence-corrected chi connectivity index (χ2v) is 17.4. The number of ether oxygens (including phenoxy) is 3. The monoisotopic (exact) mass is 903 g/mol. The van der Waals surface area contributed by atoms with Crippen LogP contribution in [-0.2, 0) is 28.6 Å². The van der Waals surface area contributed by atoms with Crippen molar-refractivity contribution >= 4 is 17.9 Å². The van der Waals surface area contributed by atoms with Gasteiger partial charge in [-0.3, -0.25) is 14.4 Å². The van der Waals surface area contributed by atoms with E-state index in [4.69, 9.17) is 14.2 Å². The van der Waals surface area contributed by atoms with Crippen LogP contribution < -0.4 is 0 Å². The molecule has 0 amide bonds. The first-order valence-corrected chi connectivity index (χ1v) is 26.7. The summed E-state index contributed by atoms with van der Waals surface area (Å²) in [4.78, 5) is 37.7. The van der Waals surface area contributed by atoms with Gasteiger partial charge >= 0.3 is 17.9 Å². The lowest BCUT2D eigenvalue weighted by molar-refractivity contribution is -0.166. The van der Waals surface area contributed by atoms with Gasteiger partial charge in [-0.2, -0.15) is 0 Å². The van der Waals surface area contributed by atoms with Gasteiger partial charge in [-0.1, -0.05) is 227 Å². The van der Waals surface area contributed by atoms with Crippen LogP contribution in [-0.4, -0.2) is 37.2 Å². The lowest BCUT2D eigenvalue weighted by Crippen LogP contribution is -2.30. The van der Waals surface area contributed by atoms with E-state index in [9.17, 15) is 14.4 Å². The van der Waals surface area contributed by atoms with Crippen LogP contribution in [0.1, 0.15) is 239 Å². The molecule has 0 N–H and O–H groups in total. The fraction of sp³-hybridized carbons (Fsp3) is 0.678. The maximum absolute atomic E-state index is 12.7. The predicted molar refractivity (Wildman–Crippen MR) is 279 cm³/mol. The van der Waals surface area contributed by atoms with Gasteiger partial charge in [0.25, 0.3) is 0 Å². The molecule has 0 heterocycles. The summed E-state index contributed by atoms with van der Waals surface area (Å²) in [7, 11) is 0. The molecule has 0 bridgehead atoms. The molecule has 1 unspecified atom stereocenters. The van der Waals surface area contributed by atoms with Crippen LogP contribution in [0.3, 0.4) is 0 Å². The highest BCUT2D eigenvalue weighted by molar-refractivity contribution is 5.71. The second-order valence-electron chi connectivity index (χ2n) is 17.4. The molecule has 0 rings (SSSR count). The molecular formula is C59H98O6. The summed E-state index contributed by atoms with van der Waals surface area (Å²) < 4.78 is 16.6. The molecule has 0 fully saturated rings. The van der Waals surface area contributed by atoms with Crippen molar-refractivity contribution < 1.29 is 28.6 Å². The van der Waals surface area contributed by atoms with Crippen molar-refractivity contribution in [2.75, 3.05) is 13.2 Å². The molecule has 0 spiro atoms. The molecule has 65 heavy (non-hydrogen) atoms. The van der Waals surface area contributed by atoms with Gasteiger partial charge in [-0.25, -0.2) is 0 Å². The summed E-state index contributed by atoms with van der Waals surface area (Å²) in [6.07, 6.45) is 70.2. The standard InChI is InChI=1S/C59H98O6/c1-4-7-10-13-15-17-19-21-23-25-27-28-29-30-32-33-35-37-39-41-43-46-49-52-58(61)64-55-56(54-63-57(60)51-48-45-12-9-6-3)65-59(62)53-50-47-44-42-40-38-36-34-31-26-24-22-20-18-16-14-11-8-5-2/h8,11,16,18-19,21-22,24-25,27,31,34,38,40,44,47,56H,4-7,9-10,12-15,17,20,23,26,28-30,32-33,35-37,39,41-43,45-46,48-55H2,1-3H3/b11-8-,18-16-,21-19-,24-22-,27-25-,34-31-,40-38-,47-44-. The van der Waals surface area contributed by atoms with Crippen molar-refractivity contribution in [3.8, 4) is 0 Å². The van der Waals surface area contributed by atoms with Crippen LogP contribution in [0.4, 0.5) is 0 Å². The van der Waals surface area contributed by atoms with Gasteiger partial charge in [0.1, 0.15) is 13.2 Å². The third-order valence-corrected chi connectivity index (χ3v) is 11.1. The lowest BCUT2D eigenvalue weighted by Gasteiger charge is -2.18. The van der Waals surface area contributed by atoms with Crippen LogP contribution in [0.15, 0.2) is 97.2 Å². The fourth-order valence-electron chi connectivity index (χ4n) is 7.09. The zero-order valence-corrected chi connectivity index (χ0v) is 42.2. The van der Waals surface area contributed by atoms with Crippen molar-refractivity contribution in [3.05, 3.63) is 97.2 Å². The number of esters is 3. The number of carbonyl (C=O) groups is 3. The molecule has 0 aromatic rings. The Balaban J connectivity index is 4.24. The molecular weight excluding hydrogens is 805 g/mol. The van der Waals surface area contributed by atoms with Crippen LogP contribution in [0, 0.1) is 0 Å². The van der Waals surface area contributed by atoms with E-state index in [0.717, 1.165) is 96.3 Å². The number of rotatable bonds is 47. The molecule has 370 valence electrons. The van der Waals surface area contributed by atoms with Crippen molar-refractivity contribution in [2.45, 2.75) is 245 Å². The molecule has 0 aromatic heterocycles. The molecule has 0 saturated heterocycles. The van der Waals surface area contributed by atoms with Crippen molar-refractivity contribution in [3.63, 3.8) is 0 Å². The summed E-state index contributed by atoms with van der Waals surface area (Å²) in [6, 6.07) is 0. The summed E-state index contributed by atoms with van der Waals surface area (Å²) in [5.41, 5.74) is 0. The Labute approximate surface area is 400 Å². The maximum atomic E-state index is 12.7. The van der Waals surface area contributed by atoms with Crippen LogP contribution in [0.2, 0.25) is 0 Å². The minimum absolute atomic E-state index is 0.109. The summed E-state index contributed by atoms with van der Waals surface area (Å²) in [5, 5.41) is 0. The van der Waals surface area contributed by atoms with Crippen molar-refractivity contribution in [2.24, 2.45) is 0 Å². The highest BCUT2D eigenvalue weighted by Gasteiger charge is 2.19. The summed E-state index contributed by atoms with van der Waals surface area (Å²) in [6.45, 7) is 6.36. The molecule has 0 radical (unpaired) electrons. The summed E-state index contributed by atoms with van der Waals surface area (Å²) in [5.74, 6) is -1.01. The Morgan fingerprint density at radius 2 is 0.631 bits per heavy atom. The molecule has 0 saturated carbocycles. The highest BCUT2D eigenvalue weighted by atomic mass is 16.6. The molecule has 0 aromatic carbocycles. The van der Waals surface area contributed by atoms with Gasteiger partial charge in [0.05, 0.1) is 0 Å². The van der Waals surface area contributed by atoms with E-state index in [-0.39, 0.29) is 31.6 Å². The van der Waals surface area contributed by atoms with Gasteiger partial charge < -0.3 is 14.2 Å². The van der Waals surface area contributed by atoms with Gasteiger partial charge in [-0.05, 0) is 89.9 Å². The first-order chi connectivity index (χ1) is 32.0. The highest BCUT2D eigenvalue weighted by Crippen LogP contribution is 2.14. The predicted octanol–water partition coefficient (Wildman–Crippen LogP) is 17.8. The normalized spacial score (nSPS) is 12.8. The summed E-state index contributed by atoms with van der Waals surface area (Å²) >= 11 is 0. The zero-order valence-electron chi connectivity index (χ0n) is 42.2.